The van der Waals surface area contributed by atoms with Crippen molar-refractivity contribution in [2.24, 2.45) is 5.92 Å². The van der Waals surface area contributed by atoms with Gasteiger partial charge in [0.2, 0.25) is 0 Å². The molecule has 35 heavy (non-hydrogen) atoms. The lowest BCUT2D eigenvalue weighted by Crippen LogP contribution is -2.27. The first-order valence-corrected chi connectivity index (χ1v) is 12.3. The molecule has 3 aromatic rings. The van der Waals surface area contributed by atoms with E-state index < -0.39 is 5.97 Å². The molecule has 0 aliphatic heterocycles. The lowest BCUT2D eigenvalue weighted by atomic mass is 9.96. The summed E-state index contributed by atoms with van der Waals surface area (Å²) < 4.78 is 11.8. The Bertz CT molecular complexity index is 1220. The van der Waals surface area contributed by atoms with Gasteiger partial charge >= 0.3 is 5.97 Å². The first-order valence-electron chi connectivity index (χ1n) is 12.3. The monoisotopic (exact) mass is 472 g/mol. The highest BCUT2D eigenvalue weighted by atomic mass is 16.5. The molecule has 1 unspecified atom stereocenters. The SMILES string of the molecule is CCC(C)C(=O)c1cccc(C(=O)Oc2ccc(-c3ccc(OC(C)(C)CC)c(C)c3)cc2C)c1. The Kier molecular flexibility index (Phi) is 8.16. The third-order valence-electron chi connectivity index (χ3n) is 6.57. The number of rotatable bonds is 9. The first kappa shape index (κ1) is 26.2. The van der Waals surface area contributed by atoms with E-state index in [9.17, 15) is 9.59 Å². The lowest BCUT2D eigenvalue weighted by Gasteiger charge is -2.26. The van der Waals surface area contributed by atoms with E-state index in [1.807, 2.05) is 58.0 Å². The molecule has 0 aliphatic rings. The van der Waals surface area contributed by atoms with Crippen molar-refractivity contribution in [2.75, 3.05) is 0 Å². The van der Waals surface area contributed by atoms with Crippen LogP contribution in [0.1, 0.15) is 79.3 Å². The van der Waals surface area contributed by atoms with E-state index in [2.05, 4.69) is 26.8 Å². The molecule has 0 fully saturated rings. The van der Waals surface area contributed by atoms with Crippen LogP contribution in [-0.2, 0) is 0 Å². The van der Waals surface area contributed by atoms with Crippen LogP contribution in [0.5, 0.6) is 11.5 Å². The smallest absolute Gasteiger partial charge is 0.343 e. The minimum Gasteiger partial charge on any atom is -0.488 e. The number of hydrogen-bond donors (Lipinski definition) is 0. The summed E-state index contributed by atoms with van der Waals surface area (Å²) in [5.41, 5.74) is 4.72. The number of aryl methyl sites for hydroxylation is 2. The predicted molar refractivity (Wildman–Crippen MR) is 142 cm³/mol. The number of carbonyl (C=O) groups excluding carboxylic acids is 2. The largest absolute Gasteiger partial charge is 0.488 e. The summed E-state index contributed by atoms with van der Waals surface area (Å²) in [5.74, 6) is 0.859. The zero-order valence-corrected chi connectivity index (χ0v) is 21.9. The number of ether oxygens (including phenoxy) is 2. The summed E-state index contributed by atoms with van der Waals surface area (Å²) in [6, 6.07) is 18.7. The van der Waals surface area contributed by atoms with Gasteiger partial charge < -0.3 is 9.47 Å². The van der Waals surface area contributed by atoms with E-state index in [0.29, 0.717) is 16.9 Å². The van der Waals surface area contributed by atoms with Gasteiger partial charge in [0.05, 0.1) is 5.56 Å². The fourth-order valence-electron chi connectivity index (χ4n) is 3.68. The molecule has 0 N–H and O–H groups in total. The molecule has 0 saturated carbocycles. The van der Waals surface area contributed by atoms with Gasteiger partial charge in [-0.2, -0.15) is 0 Å². The molecule has 0 amide bonds. The van der Waals surface area contributed by atoms with Gasteiger partial charge in [0.1, 0.15) is 17.1 Å². The van der Waals surface area contributed by atoms with E-state index in [1.165, 1.54) is 0 Å². The van der Waals surface area contributed by atoms with Gasteiger partial charge in [-0.3, -0.25) is 4.79 Å². The quantitative estimate of drug-likeness (QED) is 0.180. The topological polar surface area (TPSA) is 52.6 Å². The molecule has 0 bridgehead atoms. The summed E-state index contributed by atoms with van der Waals surface area (Å²) >= 11 is 0. The predicted octanol–water partition coefficient (Wildman–Crippen LogP) is 7.99. The van der Waals surface area contributed by atoms with E-state index >= 15 is 0 Å². The molecule has 0 aromatic heterocycles. The van der Waals surface area contributed by atoms with Gasteiger partial charge in [-0.15, -0.1) is 0 Å². The molecule has 4 nitrogen and oxygen atoms in total. The van der Waals surface area contributed by atoms with Crippen LogP contribution in [0.2, 0.25) is 0 Å². The Balaban J connectivity index is 1.77. The van der Waals surface area contributed by atoms with Gasteiger partial charge in [-0.05, 0) is 99.2 Å². The number of carbonyl (C=O) groups is 2. The van der Waals surface area contributed by atoms with Crippen LogP contribution in [0.4, 0.5) is 0 Å². The molecule has 3 aromatic carbocycles. The van der Waals surface area contributed by atoms with Crippen LogP contribution in [0.25, 0.3) is 11.1 Å². The molecule has 4 heteroatoms. The van der Waals surface area contributed by atoms with Crippen LogP contribution >= 0.6 is 0 Å². The van der Waals surface area contributed by atoms with Gasteiger partial charge in [0, 0.05) is 11.5 Å². The van der Waals surface area contributed by atoms with Gasteiger partial charge in [0.25, 0.3) is 0 Å². The molecule has 0 radical (unpaired) electrons. The fraction of sp³-hybridized carbons (Fsp3) is 0.355. The third kappa shape index (κ3) is 6.39. The zero-order chi connectivity index (χ0) is 25.8. The second-order valence-electron chi connectivity index (χ2n) is 9.82. The molecular weight excluding hydrogens is 436 g/mol. The Morgan fingerprint density at radius 2 is 1.40 bits per heavy atom. The second kappa shape index (κ2) is 10.9. The minimum absolute atomic E-state index is 0.0349. The average molecular weight is 473 g/mol. The van der Waals surface area contributed by atoms with Crippen LogP contribution in [0.3, 0.4) is 0 Å². The maximum Gasteiger partial charge on any atom is 0.343 e. The van der Waals surface area contributed by atoms with E-state index in [4.69, 9.17) is 9.47 Å². The number of esters is 1. The average Bonchev–Trinajstić information content (AvgIpc) is 2.85. The Morgan fingerprint density at radius 3 is 1.94 bits per heavy atom. The summed E-state index contributed by atoms with van der Waals surface area (Å²) in [4.78, 5) is 25.3. The molecule has 184 valence electrons. The summed E-state index contributed by atoms with van der Waals surface area (Å²) in [5, 5.41) is 0. The molecule has 0 spiro atoms. The summed E-state index contributed by atoms with van der Waals surface area (Å²) in [6.45, 7) is 14.1. The Hall–Kier alpha value is -3.40. The third-order valence-corrected chi connectivity index (χ3v) is 6.57. The summed E-state index contributed by atoms with van der Waals surface area (Å²) in [6.07, 6.45) is 1.68. The van der Waals surface area contributed by atoms with Crippen LogP contribution in [0.15, 0.2) is 60.7 Å². The Morgan fingerprint density at radius 1 is 0.829 bits per heavy atom. The van der Waals surface area contributed by atoms with Gasteiger partial charge in [-0.1, -0.05) is 45.0 Å². The Labute approximate surface area is 209 Å². The number of benzene rings is 3. The number of Topliss-reactive ketones (excluding diaryl/α,β-unsaturated/α-hetero) is 1. The molecule has 0 saturated heterocycles. The molecule has 3 rings (SSSR count). The molecule has 1 atom stereocenters. The van der Waals surface area contributed by atoms with Crippen molar-refractivity contribution in [3.05, 3.63) is 82.9 Å². The van der Waals surface area contributed by atoms with Crippen molar-refractivity contribution in [3.63, 3.8) is 0 Å². The van der Waals surface area contributed by atoms with Crippen molar-refractivity contribution in [1.82, 2.24) is 0 Å². The number of ketones is 1. The van der Waals surface area contributed by atoms with E-state index in [1.54, 1.807) is 24.3 Å². The van der Waals surface area contributed by atoms with Crippen LogP contribution in [0, 0.1) is 19.8 Å². The summed E-state index contributed by atoms with van der Waals surface area (Å²) in [7, 11) is 0. The lowest BCUT2D eigenvalue weighted by molar-refractivity contribution is 0.0733. The standard InChI is InChI=1S/C31H36O4/c1-8-20(3)29(32)25-11-10-12-26(19-25)30(33)34-27-15-13-23(17-21(27)4)24-14-16-28(22(5)18-24)35-31(6,7)9-2/h10-20H,8-9H2,1-7H3. The first-order chi connectivity index (χ1) is 16.5. The maximum absolute atomic E-state index is 12.8. The second-order valence-corrected chi connectivity index (χ2v) is 9.82. The van der Waals surface area contributed by atoms with Crippen molar-refractivity contribution in [1.29, 1.82) is 0 Å². The van der Waals surface area contributed by atoms with Crippen LogP contribution < -0.4 is 9.47 Å². The van der Waals surface area contributed by atoms with Gasteiger partial charge in [-0.25, -0.2) is 4.79 Å². The molecular formula is C31H36O4. The highest BCUT2D eigenvalue weighted by molar-refractivity contribution is 6.00. The van der Waals surface area contributed by atoms with Crippen molar-refractivity contribution in [3.8, 4) is 22.6 Å². The van der Waals surface area contributed by atoms with Crippen molar-refractivity contribution < 1.29 is 19.1 Å². The zero-order valence-electron chi connectivity index (χ0n) is 21.9. The molecule has 0 heterocycles. The van der Waals surface area contributed by atoms with E-state index in [0.717, 1.165) is 40.8 Å². The normalized spacial score (nSPS) is 12.2. The molecule has 0 aliphatic carbocycles. The maximum atomic E-state index is 12.8. The van der Waals surface area contributed by atoms with Gasteiger partial charge in [0.15, 0.2) is 5.78 Å². The minimum atomic E-state index is -0.476. The highest BCUT2D eigenvalue weighted by Gasteiger charge is 2.19. The van der Waals surface area contributed by atoms with Crippen molar-refractivity contribution >= 4 is 11.8 Å². The fourth-order valence-corrected chi connectivity index (χ4v) is 3.68. The highest BCUT2D eigenvalue weighted by Crippen LogP contribution is 2.32. The van der Waals surface area contributed by atoms with Crippen molar-refractivity contribution in [2.45, 2.75) is 66.9 Å². The number of hydrogen-bond acceptors (Lipinski definition) is 4. The van der Waals surface area contributed by atoms with E-state index in [-0.39, 0.29) is 17.3 Å². The van der Waals surface area contributed by atoms with Crippen LogP contribution in [-0.4, -0.2) is 17.4 Å².